The molecule has 0 spiro atoms. The molecule has 0 bridgehead atoms. The van der Waals surface area contributed by atoms with E-state index in [0.29, 0.717) is 23.3 Å². The summed E-state index contributed by atoms with van der Waals surface area (Å²) in [6.45, 7) is 2.65. The Labute approximate surface area is 147 Å². The zero-order valence-electron chi connectivity index (χ0n) is 14.3. The summed E-state index contributed by atoms with van der Waals surface area (Å²) < 4.78 is 4.23. The molecule has 1 fully saturated rings. The molecule has 24 heavy (non-hydrogen) atoms. The minimum absolute atomic E-state index is 0.0862. The van der Waals surface area contributed by atoms with E-state index in [4.69, 9.17) is 12.2 Å². The fraction of sp³-hybridized carbons (Fsp3) is 0.529. The van der Waals surface area contributed by atoms with Crippen molar-refractivity contribution in [2.24, 2.45) is 7.05 Å². The van der Waals surface area contributed by atoms with Crippen LogP contribution in [0.15, 0.2) is 30.3 Å². The first-order chi connectivity index (χ1) is 11.6. The van der Waals surface area contributed by atoms with Crippen molar-refractivity contribution in [2.75, 3.05) is 25.0 Å². The van der Waals surface area contributed by atoms with Crippen LogP contribution in [0, 0.1) is 4.77 Å². The van der Waals surface area contributed by atoms with Gasteiger partial charge in [0.15, 0.2) is 10.6 Å². The number of aliphatic hydroxyl groups is 1. The lowest BCUT2D eigenvalue weighted by Gasteiger charge is -2.37. The number of piperidine rings is 1. The minimum atomic E-state index is -0.0862. The summed E-state index contributed by atoms with van der Waals surface area (Å²) in [6, 6.07) is 11.1. The summed E-state index contributed by atoms with van der Waals surface area (Å²) in [5.41, 5.74) is 1.27. The molecule has 2 aromatic rings. The molecular weight excluding hydrogens is 322 g/mol. The molecule has 7 heteroatoms. The molecule has 130 valence electrons. The fourth-order valence-corrected chi connectivity index (χ4v) is 3.48. The normalized spacial score (nSPS) is 16.5. The van der Waals surface area contributed by atoms with E-state index in [9.17, 15) is 5.11 Å². The molecule has 1 saturated heterocycles. The third-order valence-electron chi connectivity index (χ3n) is 4.87. The smallest absolute Gasteiger partial charge is 0.198 e. The molecule has 1 aliphatic rings. The summed E-state index contributed by atoms with van der Waals surface area (Å²) in [4.78, 5) is 4.76. The van der Waals surface area contributed by atoms with Crippen molar-refractivity contribution in [3.05, 3.63) is 40.9 Å². The van der Waals surface area contributed by atoms with E-state index in [-0.39, 0.29) is 6.61 Å². The van der Waals surface area contributed by atoms with E-state index >= 15 is 0 Å². The van der Waals surface area contributed by atoms with Gasteiger partial charge in [0.25, 0.3) is 0 Å². The predicted molar refractivity (Wildman–Crippen MR) is 97.4 cm³/mol. The molecule has 3 rings (SSSR count). The van der Waals surface area contributed by atoms with Gasteiger partial charge in [0.1, 0.15) is 6.61 Å². The van der Waals surface area contributed by atoms with E-state index in [1.54, 1.807) is 4.57 Å². The predicted octanol–water partition coefficient (Wildman–Crippen LogP) is 2.00. The second kappa shape index (κ2) is 7.46. The summed E-state index contributed by atoms with van der Waals surface area (Å²) in [6.07, 6.45) is 2.25. The third-order valence-corrected chi connectivity index (χ3v) is 5.36. The average molecular weight is 347 g/mol. The maximum absolute atomic E-state index is 9.30. The van der Waals surface area contributed by atoms with E-state index in [1.165, 1.54) is 5.69 Å². The van der Waals surface area contributed by atoms with E-state index < -0.39 is 0 Å². The second-order valence-corrected chi connectivity index (χ2v) is 6.72. The van der Waals surface area contributed by atoms with Crippen LogP contribution in [0.3, 0.4) is 0 Å². The van der Waals surface area contributed by atoms with Gasteiger partial charge >= 0.3 is 0 Å². The van der Waals surface area contributed by atoms with Crippen molar-refractivity contribution in [1.82, 2.24) is 19.2 Å². The highest BCUT2D eigenvalue weighted by Crippen LogP contribution is 2.22. The number of hydrogen-bond donors (Lipinski definition) is 1. The van der Waals surface area contributed by atoms with Crippen molar-refractivity contribution in [1.29, 1.82) is 0 Å². The Kier molecular flexibility index (Phi) is 5.33. The molecule has 6 nitrogen and oxygen atoms in total. The molecular formula is C17H25N5OS. The number of benzene rings is 1. The van der Waals surface area contributed by atoms with Crippen LogP contribution in [0.4, 0.5) is 5.69 Å². The van der Waals surface area contributed by atoms with Gasteiger partial charge in [0.2, 0.25) is 0 Å². The first-order valence-corrected chi connectivity index (χ1v) is 8.74. The first kappa shape index (κ1) is 17.1. The van der Waals surface area contributed by atoms with Crippen molar-refractivity contribution in [3.8, 4) is 0 Å². The second-order valence-electron chi connectivity index (χ2n) is 6.35. The summed E-state index contributed by atoms with van der Waals surface area (Å²) in [5, 5.41) is 13.7. The quantitative estimate of drug-likeness (QED) is 0.839. The number of para-hydroxylation sites is 1. The molecule has 1 aliphatic heterocycles. The van der Waals surface area contributed by atoms with Gasteiger partial charge < -0.3 is 14.6 Å². The highest BCUT2D eigenvalue weighted by Gasteiger charge is 2.23. The van der Waals surface area contributed by atoms with Crippen LogP contribution in [0.5, 0.6) is 0 Å². The Hall–Kier alpha value is -1.70. The zero-order valence-corrected chi connectivity index (χ0v) is 15.1. The van der Waals surface area contributed by atoms with Gasteiger partial charge in [-0.3, -0.25) is 4.90 Å². The maximum Gasteiger partial charge on any atom is 0.198 e. The van der Waals surface area contributed by atoms with Gasteiger partial charge in [-0.25, -0.2) is 4.68 Å². The topological polar surface area (TPSA) is 49.5 Å². The van der Waals surface area contributed by atoms with Crippen molar-refractivity contribution in [2.45, 2.75) is 32.2 Å². The van der Waals surface area contributed by atoms with Crippen LogP contribution in [0.2, 0.25) is 0 Å². The number of aromatic nitrogens is 3. The third kappa shape index (κ3) is 3.53. The minimum Gasteiger partial charge on any atom is -0.388 e. The lowest BCUT2D eigenvalue weighted by Crippen LogP contribution is -2.44. The van der Waals surface area contributed by atoms with Gasteiger partial charge in [-0.05, 0) is 37.2 Å². The molecule has 1 aromatic carbocycles. The maximum atomic E-state index is 9.30. The lowest BCUT2D eigenvalue weighted by molar-refractivity contribution is 0.159. The molecule has 0 atom stereocenters. The van der Waals surface area contributed by atoms with E-state index in [0.717, 1.165) is 25.9 Å². The van der Waals surface area contributed by atoms with Crippen LogP contribution in [0.1, 0.15) is 18.7 Å². The molecule has 0 radical (unpaired) electrons. The Morgan fingerprint density at radius 1 is 1.25 bits per heavy atom. The van der Waals surface area contributed by atoms with Crippen LogP contribution in [-0.4, -0.2) is 50.5 Å². The van der Waals surface area contributed by atoms with E-state index in [2.05, 4.69) is 52.3 Å². The highest BCUT2D eigenvalue weighted by molar-refractivity contribution is 7.71. The Balaban J connectivity index is 1.59. The molecule has 1 N–H and O–H groups in total. The van der Waals surface area contributed by atoms with Crippen LogP contribution < -0.4 is 4.90 Å². The molecule has 0 aliphatic carbocycles. The summed E-state index contributed by atoms with van der Waals surface area (Å²) in [5.74, 6) is 0.610. The van der Waals surface area contributed by atoms with Crippen LogP contribution in [0.25, 0.3) is 0 Å². The fourth-order valence-electron chi connectivity index (χ4n) is 3.27. The number of anilines is 1. The van der Waals surface area contributed by atoms with Gasteiger partial charge in [-0.15, -0.1) is 0 Å². The van der Waals surface area contributed by atoms with Gasteiger partial charge in [0.05, 0.1) is 6.67 Å². The van der Waals surface area contributed by atoms with Crippen molar-refractivity contribution >= 4 is 17.9 Å². The highest BCUT2D eigenvalue weighted by atomic mass is 32.1. The molecule has 0 amide bonds. The first-order valence-electron chi connectivity index (χ1n) is 8.34. The number of likely N-dealkylation sites (tertiary alicyclic amines) is 1. The SMILES string of the molecule is CN(c1ccccc1)C1CCN(Cn2nc(CO)n(C)c2=S)CC1. The molecule has 0 unspecified atom stereocenters. The number of hydrogen-bond acceptors (Lipinski definition) is 5. The van der Waals surface area contributed by atoms with Crippen molar-refractivity contribution < 1.29 is 5.11 Å². The van der Waals surface area contributed by atoms with Crippen LogP contribution in [-0.2, 0) is 20.3 Å². The Bertz CT molecular complexity index is 718. The Morgan fingerprint density at radius 3 is 2.50 bits per heavy atom. The number of rotatable bonds is 5. The van der Waals surface area contributed by atoms with Gasteiger partial charge in [-0.1, -0.05) is 18.2 Å². The molecule has 1 aromatic heterocycles. The standard InChI is InChI=1S/C17H25N5OS/c1-19(14-6-4-3-5-7-14)15-8-10-21(11-9-15)13-22-17(24)20(2)16(12-23)18-22/h3-7,15,23H,8-13H2,1-2H3. The summed E-state index contributed by atoms with van der Waals surface area (Å²) >= 11 is 5.39. The summed E-state index contributed by atoms with van der Waals surface area (Å²) in [7, 11) is 4.02. The average Bonchev–Trinajstić information content (AvgIpc) is 2.90. The largest absolute Gasteiger partial charge is 0.388 e. The molecule has 0 saturated carbocycles. The van der Waals surface area contributed by atoms with Gasteiger partial charge in [0, 0.05) is 38.9 Å². The Morgan fingerprint density at radius 2 is 1.92 bits per heavy atom. The lowest BCUT2D eigenvalue weighted by atomic mass is 10.0. The molecule has 2 heterocycles. The van der Waals surface area contributed by atoms with Gasteiger partial charge in [-0.2, -0.15) is 5.10 Å². The van der Waals surface area contributed by atoms with Crippen molar-refractivity contribution in [3.63, 3.8) is 0 Å². The van der Waals surface area contributed by atoms with Crippen LogP contribution >= 0.6 is 12.2 Å². The zero-order chi connectivity index (χ0) is 17.1. The number of aliphatic hydroxyl groups excluding tert-OH is 1. The monoisotopic (exact) mass is 347 g/mol. The number of nitrogens with zero attached hydrogens (tertiary/aromatic N) is 5. The van der Waals surface area contributed by atoms with E-state index in [1.807, 2.05) is 11.7 Å².